The van der Waals surface area contributed by atoms with Gasteiger partial charge in [0.25, 0.3) is 0 Å². The Kier molecular flexibility index (Phi) is 2.90. The number of hydrogen-bond donors (Lipinski definition) is 2. The van der Waals surface area contributed by atoms with Crippen LogP contribution in [0.1, 0.15) is 16.6 Å². The fourth-order valence-corrected chi connectivity index (χ4v) is 2.11. The molecule has 5 heteroatoms. The van der Waals surface area contributed by atoms with Gasteiger partial charge in [0.05, 0.1) is 17.9 Å². The first-order valence-electron chi connectivity index (χ1n) is 4.45. The minimum absolute atomic E-state index is 0.243. The van der Waals surface area contributed by atoms with E-state index in [4.69, 9.17) is 0 Å². The Balaban J connectivity index is 2.08. The molecule has 14 heavy (non-hydrogen) atoms. The minimum Gasteiger partial charge on any atom is -0.311 e. The average Bonchev–Trinajstić information content (AvgIpc) is 2.86. The molecule has 0 saturated carbocycles. The number of rotatable bonds is 4. The molecular weight excluding hydrogens is 196 g/mol. The molecule has 0 fully saturated rings. The number of thiophene rings is 1. The van der Waals surface area contributed by atoms with Gasteiger partial charge in [-0.2, -0.15) is 15.4 Å². The second-order valence-corrected chi connectivity index (χ2v) is 4.05. The zero-order valence-corrected chi connectivity index (χ0v) is 8.71. The van der Waals surface area contributed by atoms with Gasteiger partial charge >= 0.3 is 0 Å². The third-order valence-corrected chi connectivity index (χ3v) is 3.02. The molecule has 2 heterocycles. The second-order valence-electron chi connectivity index (χ2n) is 3.02. The van der Waals surface area contributed by atoms with Gasteiger partial charge in [0, 0.05) is 11.3 Å². The van der Waals surface area contributed by atoms with E-state index in [-0.39, 0.29) is 6.04 Å². The first kappa shape index (κ1) is 9.36. The Morgan fingerprint density at radius 3 is 3.14 bits per heavy atom. The molecule has 2 N–H and O–H groups in total. The van der Waals surface area contributed by atoms with Crippen LogP contribution >= 0.6 is 11.3 Å². The molecule has 0 aliphatic heterocycles. The van der Waals surface area contributed by atoms with Gasteiger partial charge in [-0.15, -0.1) is 11.3 Å². The molecule has 0 spiro atoms. The van der Waals surface area contributed by atoms with Crippen molar-refractivity contribution in [3.63, 3.8) is 0 Å². The lowest BCUT2D eigenvalue weighted by Gasteiger charge is -2.11. The van der Waals surface area contributed by atoms with Gasteiger partial charge in [0.15, 0.2) is 0 Å². The van der Waals surface area contributed by atoms with Crippen molar-refractivity contribution >= 4 is 11.3 Å². The molecule has 0 aliphatic carbocycles. The number of nitrogens with zero attached hydrogens (tertiary/aromatic N) is 2. The van der Waals surface area contributed by atoms with Crippen LogP contribution < -0.4 is 5.32 Å². The van der Waals surface area contributed by atoms with Crippen LogP contribution in [-0.2, 0) is 6.42 Å². The first-order chi connectivity index (χ1) is 6.90. The smallest absolute Gasteiger partial charge is 0.0997 e. The number of aromatic nitrogens is 3. The molecule has 1 atom stereocenters. The molecule has 0 saturated heterocycles. The normalized spacial score (nSPS) is 12.9. The SMILES string of the molecule is CNC(Cc1cccs1)c1cn[nH]n1. The van der Waals surface area contributed by atoms with Gasteiger partial charge in [-0.05, 0) is 18.5 Å². The predicted molar refractivity (Wildman–Crippen MR) is 56.2 cm³/mol. The highest BCUT2D eigenvalue weighted by Gasteiger charge is 2.12. The Morgan fingerprint density at radius 1 is 1.64 bits per heavy atom. The van der Waals surface area contributed by atoms with Crippen molar-refractivity contribution in [2.24, 2.45) is 0 Å². The summed E-state index contributed by atoms with van der Waals surface area (Å²) in [7, 11) is 1.94. The lowest BCUT2D eigenvalue weighted by molar-refractivity contribution is 0.578. The third-order valence-electron chi connectivity index (χ3n) is 2.12. The topological polar surface area (TPSA) is 53.6 Å². The molecule has 4 nitrogen and oxygen atoms in total. The Labute approximate surface area is 86.4 Å². The lowest BCUT2D eigenvalue weighted by Crippen LogP contribution is -2.18. The van der Waals surface area contributed by atoms with Crippen molar-refractivity contribution in [3.05, 3.63) is 34.3 Å². The Bertz CT molecular complexity index is 354. The summed E-state index contributed by atoms with van der Waals surface area (Å²) in [4.78, 5) is 1.35. The monoisotopic (exact) mass is 208 g/mol. The summed E-state index contributed by atoms with van der Waals surface area (Å²) in [5, 5.41) is 15.8. The summed E-state index contributed by atoms with van der Waals surface area (Å²) in [6.07, 6.45) is 2.72. The summed E-state index contributed by atoms with van der Waals surface area (Å²) in [5.41, 5.74) is 0.959. The van der Waals surface area contributed by atoms with Gasteiger partial charge in [0.1, 0.15) is 0 Å². The lowest BCUT2D eigenvalue weighted by atomic mass is 10.1. The van der Waals surface area contributed by atoms with Crippen molar-refractivity contribution < 1.29 is 0 Å². The van der Waals surface area contributed by atoms with Crippen molar-refractivity contribution in [1.82, 2.24) is 20.7 Å². The van der Waals surface area contributed by atoms with Crippen molar-refractivity contribution in [1.29, 1.82) is 0 Å². The van der Waals surface area contributed by atoms with E-state index in [1.54, 1.807) is 17.5 Å². The van der Waals surface area contributed by atoms with Gasteiger partial charge in [-0.3, -0.25) is 0 Å². The van der Waals surface area contributed by atoms with Crippen LogP contribution in [0.25, 0.3) is 0 Å². The molecule has 0 radical (unpaired) electrons. The standard InChI is InChI=1S/C9H12N4S/c1-10-8(9-6-11-13-12-9)5-7-3-2-4-14-7/h2-4,6,8,10H,5H2,1H3,(H,11,12,13). The van der Waals surface area contributed by atoms with E-state index in [1.165, 1.54) is 4.88 Å². The maximum atomic E-state index is 4.07. The van der Waals surface area contributed by atoms with Crippen LogP contribution in [0.5, 0.6) is 0 Å². The van der Waals surface area contributed by atoms with E-state index in [2.05, 4.69) is 38.2 Å². The summed E-state index contributed by atoms with van der Waals surface area (Å²) in [6, 6.07) is 4.44. The zero-order chi connectivity index (χ0) is 9.80. The van der Waals surface area contributed by atoms with E-state index in [9.17, 15) is 0 Å². The number of likely N-dealkylation sites (N-methyl/N-ethyl adjacent to an activating group) is 1. The minimum atomic E-state index is 0.243. The quantitative estimate of drug-likeness (QED) is 0.798. The van der Waals surface area contributed by atoms with E-state index in [0.29, 0.717) is 0 Å². The van der Waals surface area contributed by atoms with Crippen molar-refractivity contribution in [2.75, 3.05) is 7.05 Å². The summed E-state index contributed by atoms with van der Waals surface area (Å²) in [6.45, 7) is 0. The number of aromatic amines is 1. The second kappa shape index (κ2) is 4.34. The van der Waals surface area contributed by atoms with Crippen LogP contribution in [0.3, 0.4) is 0 Å². The molecule has 2 aromatic rings. The maximum absolute atomic E-state index is 4.07. The summed E-state index contributed by atoms with van der Waals surface area (Å²) in [5.74, 6) is 0. The van der Waals surface area contributed by atoms with E-state index >= 15 is 0 Å². The Hall–Kier alpha value is -1.20. The Morgan fingerprint density at radius 2 is 2.57 bits per heavy atom. The van der Waals surface area contributed by atoms with E-state index < -0.39 is 0 Å². The molecule has 2 aromatic heterocycles. The fourth-order valence-electron chi connectivity index (χ4n) is 1.36. The van der Waals surface area contributed by atoms with Crippen LogP contribution in [0.2, 0.25) is 0 Å². The molecule has 1 unspecified atom stereocenters. The molecular formula is C9H12N4S. The first-order valence-corrected chi connectivity index (χ1v) is 5.33. The maximum Gasteiger partial charge on any atom is 0.0997 e. The van der Waals surface area contributed by atoms with Crippen molar-refractivity contribution in [3.8, 4) is 0 Å². The highest BCUT2D eigenvalue weighted by Crippen LogP contribution is 2.18. The average molecular weight is 208 g/mol. The predicted octanol–water partition coefficient (Wildman–Crippen LogP) is 1.37. The highest BCUT2D eigenvalue weighted by molar-refractivity contribution is 7.09. The molecule has 0 aromatic carbocycles. The van der Waals surface area contributed by atoms with Crippen LogP contribution in [0.15, 0.2) is 23.7 Å². The largest absolute Gasteiger partial charge is 0.311 e. The molecule has 0 bridgehead atoms. The number of H-pyrrole nitrogens is 1. The molecule has 0 amide bonds. The highest BCUT2D eigenvalue weighted by atomic mass is 32.1. The zero-order valence-electron chi connectivity index (χ0n) is 7.90. The van der Waals surface area contributed by atoms with Gasteiger partial charge in [-0.25, -0.2) is 0 Å². The molecule has 74 valence electrons. The summed E-state index contributed by atoms with van der Waals surface area (Å²) < 4.78 is 0. The molecule has 0 aliphatic rings. The van der Waals surface area contributed by atoms with E-state index in [0.717, 1.165) is 12.1 Å². The molecule has 2 rings (SSSR count). The number of hydrogen-bond acceptors (Lipinski definition) is 4. The van der Waals surface area contributed by atoms with Crippen LogP contribution in [0.4, 0.5) is 0 Å². The van der Waals surface area contributed by atoms with Gasteiger partial charge in [-0.1, -0.05) is 6.07 Å². The number of nitrogens with one attached hydrogen (secondary N) is 2. The fraction of sp³-hybridized carbons (Fsp3) is 0.333. The van der Waals surface area contributed by atoms with Crippen LogP contribution in [-0.4, -0.2) is 22.5 Å². The van der Waals surface area contributed by atoms with E-state index in [1.807, 2.05) is 7.05 Å². The van der Waals surface area contributed by atoms with Gasteiger partial charge < -0.3 is 5.32 Å². The van der Waals surface area contributed by atoms with Crippen LogP contribution in [0, 0.1) is 0 Å². The third kappa shape index (κ3) is 2.00. The van der Waals surface area contributed by atoms with Crippen molar-refractivity contribution in [2.45, 2.75) is 12.5 Å². The van der Waals surface area contributed by atoms with Gasteiger partial charge in [0.2, 0.25) is 0 Å². The summed E-state index contributed by atoms with van der Waals surface area (Å²) >= 11 is 1.77.